The molecule has 3 aromatic rings. The molecule has 176 valence electrons. The zero-order valence-electron chi connectivity index (χ0n) is 19.3. The second-order valence-corrected chi connectivity index (χ2v) is 8.47. The summed E-state index contributed by atoms with van der Waals surface area (Å²) in [5.74, 6) is 0. The van der Waals surface area contributed by atoms with Crippen LogP contribution in [0.1, 0.15) is 12.0 Å². The maximum Gasteiger partial charge on any atom is 0.207 e. The molecule has 0 spiro atoms. The quantitative estimate of drug-likeness (QED) is 0.365. The molecule has 3 rings (SSSR count). The average Bonchev–Trinajstić information content (AvgIpc) is 2.78. The van der Waals surface area contributed by atoms with Crippen LogP contribution in [0, 0.1) is 10.2 Å². The molecule has 7 nitrogen and oxygen atoms in total. The Bertz CT molecular complexity index is 997. The van der Waals surface area contributed by atoms with Gasteiger partial charge < -0.3 is 9.80 Å². The number of pyridine rings is 1. The minimum Gasteiger partial charge on any atom is -0.378 e. The highest BCUT2D eigenvalue weighted by Crippen LogP contribution is 2.26. The lowest BCUT2D eigenvalue weighted by molar-refractivity contribution is -1.92. The Balaban J connectivity index is 0.000000315. The Morgan fingerprint density at radius 3 is 2.30 bits per heavy atom. The van der Waals surface area contributed by atoms with Gasteiger partial charge in [0.05, 0.1) is 20.0 Å². The third-order valence-corrected chi connectivity index (χ3v) is 4.96. The Morgan fingerprint density at radius 2 is 1.64 bits per heavy atom. The van der Waals surface area contributed by atoms with Crippen LogP contribution in [0.5, 0.6) is 0 Å². The fourth-order valence-electron chi connectivity index (χ4n) is 2.90. The number of nitrogens with zero attached hydrogens (tertiary/aromatic N) is 3. The number of benzene rings is 2. The standard InChI is InChI=1S/C16H23ClN2O4.C9H7N/c1-18(2)15-11-10-14(16(13-15)19(3)4)9-7-5-6-8-12-23-17(20,21)22;1-2-6-9-8(4-1)5-3-7-10-9/h5-7,9-11,13H,8,12H2,1-4H3;1-7H. The number of allylic oxidation sites excluding steroid dienone is 2. The number of fused-ring (bicyclic) bond motifs is 1. The van der Waals surface area contributed by atoms with Gasteiger partial charge in [-0.1, -0.05) is 54.6 Å². The van der Waals surface area contributed by atoms with Gasteiger partial charge in [0.15, 0.2) is 0 Å². The lowest BCUT2D eigenvalue weighted by Gasteiger charge is -2.20. The van der Waals surface area contributed by atoms with Gasteiger partial charge in [-0.25, -0.2) is 0 Å². The molecular formula is C25H30ClN3O4. The van der Waals surface area contributed by atoms with Crippen LogP contribution < -0.4 is 23.8 Å². The SMILES string of the molecule is CN(C)c1ccc(C=CC=CCCO[Cl+3]([O-])([O-])[O-])c(N(C)C)c1.c1ccc2ncccc2c1. The van der Waals surface area contributed by atoms with Gasteiger partial charge in [-0.3, -0.25) is 4.98 Å². The van der Waals surface area contributed by atoms with E-state index in [0.29, 0.717) is 6.42 Å². The summed E-state index contributed by atoms with van der Waals surface area (Å²) in [6.45, 7) is -0.155. The summed E-state index contributed by atoms with van der Waals surface area (Å²) < 4.78 is 34.8. The summed E-state index contributed by atoms with van der Waals surface area (Å²) in [5.41, 5.74) is 4.35. The van der Waals surface area contributed by atoms with E-state index in [1.807, 2.05) is 92.7 Å². The summed E-state index contributed by atoms with van der Waals surface area (Å²) in [5, 5.41) is 1.20. The normalized spacial score (nSPS) is 11.6. The van der Waals surface area contributed by atoms with E-state index in [-0.39, 0.29) is 6.61 Å². The molecule has 0 amide bonds. The maximum absolute atomic E-state index is 10.2. The fourth-order valence-corrected chi connectivity index (χ4v) is 3.17. The van der Waals surface area contributed by atoms with Crippen LogP contribution in [-0.2, 0) is 4.29 Å². The predicted molar refractivity (Wildman–Crippen MR) is 126 cm³/mol. The second-order valence-electron chi connectivity index (χ2n) is 7.50. The van der Waals surface area contributed by atoms with E-state index < -0.39 is 10.2 Å². The third-order valence-electron chi connectivity index (χ3n) is 4.54. The minimum absolute atomic E-state index is 0.155. The highest BCUT2D eigenvalue weighted by molar-refractivity contribution is 5.77. The molecule has 0 unspecified atom stereocenters. The molecule has 1 heterocycles. The van der Waals surface area contributed by atoms with E-state index in [1.165, 1.54) is 5.39 Å². The maximum atomic E-state index is 10.2. The fraction of sp³-hybridized carbons (Fsp3) is 0.240. The van der Waals surface area contributed by atoms with Crippen LogP contribution in [-0.4, -0.2) is 39.8 Å². The first-order chi connectivity index (χ1) is 15.7. The van der Waals surface area contributed by atoms with Crippen molar-refractivity contribution in [1.29, 1.82) is 0 Å². The number of halogens is 1. The first-order valence-electron chi connectivity index (χ1n) is 10.3. The summed E-state index contributed by atoms with van der Waals surface area (Å²) in [7, 11) is 3.64. The first-order valence-corrected chi connectivity index (χ1v) is 11.6. The van der Waals surface area contributed by atoms with E-state index in [9.17, 15) is 14.0 Å². The van der Waals surface area contributed by atoms with Crippen LogP contribution >= 0.6 is 0 Å². The average molecular weight is 472 g/mol. The topological polar surface area (TPSA) is 97.8 Å². The minimum atomic E-state index is -4.33. The van der Waals surface area contributed by atoms with Gasteiger partial charge >= 0.3 is 0 Å². The predicted octanol–water partition coefficient (Wildman–Crippen LogP) is 1.93. The number of rotatable bonds is 8. The Hall–Kier alpha value is -2.94. The molecule has 0 aliphatic heterocycles. The van der Waals surface area contributed by atoms with E-state index >= 15 is 0 Å². The molecule has 0 saturated heterocycles. The highest BCUT2D eigenvalue weighted by Gasteiger charge is 2.14. The molecule has 8 heteroatoms. The van der Waals surface area contributed by atoms with Crippen molar-refractivity contribution < 1.29 is 28.5 Å². The van der Waals surface area contributed by atoms with Gasteiger partial charge in [0.1, 0.15) is 0 Å². The lowest BCUT2D eigenvalue weighted by Crippen LogP contribution is -2.61. The van der Waals surface area contributed by atoms with Gasteiger partial charge in [-0.05, 0) is 29.8 Å². The van der Waals surface area contributed by atoms with Crippen molar-refractivity contribution in [2.45, 2.75) is 6.42 Å². The van der Waals surface area contributed by atoms with Crippen molar-refractivity contribution in [1.82, 2.24) is 4.98 Å². The Labute approximate surface area is 197 Å². The number of hydrogen-bond acceptors (Lipinski definition) is 7. The summed E-state index contributed by atoms with van der Waals surface area (Å²) in [6.07, 6.45) is 9.51. The molecule has 0 saturated carbocycles. The molecular weight excluding hydrogens is 442 g/mol. The summed E-state index contributed by atoms with van der Waals surface area (Å²) in [4.78, 5) is 8.27. The van der Waals surface area contributed by atoms with Gasteiger partial charge in [0, 0.05) is 57.6 Å². The van der Waals surface area contributed by atoms with Crippen molar-refractivity contribution in [3.8, 4) is 0 Å². The first kappa shape index (κ1) is 26.3. The van der Waals surface area contributed by atoms with Gasteiger partial charge in [-0.2, -0.15) is 14.0 Å². The number of aromatic nitrogens is 1. The van der Waals surface area contributed by atoms with Crippen molar-refractivity contribution in [3.05, 3.63) is 84.6 Å². The van der Waals surface area contributed by atoms with Crippen LogP contribution in [0.3, 0.4) is 0 Å². The van der Waals surface area contributed by atoms with Crippen LogP contribution in [0.25, 0.3) is 17.0 Å². The van der Waals surface area contributed by atoms with Crippen molar-refractivity contribution in [2.24, 2.45) is 0 Å². The largest absolute Gasteiger partial charge is 0.378 e. The smallest absolute Gasteiger partial charge is 0.207 e. The van der Waals surface area contributed by atoms with Gasteiger partial charge in [0.2, 0.25) is 6.61 Å². The van der Waals surface area contributed by atoms with Crippen molar-refractivity contribution in [3.63, 3.8) is 0 Å². The molecule has 2 aromatic carbocycles. The molecule has 0 bridgehead atoms. The van der Waals surface area contributed by atoms with E-state index in [1.54, 1.807) is 12.2 Å². The highest BCUT2D eigenvalue weighted by atomic mass is 35.7. The molecule has 0 N–H and O–H groups in total. The number of para-hydroxylation sites is 1. The zero-order valence-corrected chi connectivity index (χ0v) is 20.1. The molecule has 0 radical (unpaired) electrons. The number of hydrogen-bond donors (Lipinski definition) is 0. The van der Waals surface area contributed by atoms with E-state index in [4.69, 9.17) is 0 Å². The van der Waals surface area contributed by atoms with Crippen LogP contribution in [0.15, 0.2) is 79.0 Å². The second kappa shape index (κ2) is 12.9. The van der Waals surface area contributed by atoms with E-state index in [0.717, 1.165) is 22.5 Å². The van der Waals surface area contributed by atoms with Crippen LogP contribution in [0.2, 0.25) is 0 Å². The van der Waals surface area contributed by atoms with Crippen LogP contribution in [0.4, 0.5) is 11.4 Å². The summed E-state index contributed by atoms with van der Waals surface area (Å²) >= 11 is 0. The monoisotopic (exact) mass is 471 g/mol. The van der Waals surface area contributed by atoms with Crippen molar-refractivity contribution in [2.75, 3.05) is 44.6 Å². The zero-order chi connectivity index (χ0) is 24.3. The van der Waals surface area contributed by atoms with Crippen molar-refractivity contribution >= 4 is 28.4 Å². The molecule has 0 aliphatic rings. The molecule has 33 heavy (non-hydrogen) atoms. The lowest BCUT2D eigenvalue weighted by atomic mass is 10.1. The van der Waals surface area contributed by atoms with E-state index in [2.05, 4.69) is 27.5 Å². The Kier molecular flexibility index (Phi) is 10.3. The number of anilines is 2. The Morgan fingerprint density at radius 1 is 0.909 bits per heavy atom. The van der Waals surface area contributed by atoms with Gasteiger partial charge in [0.25, 0.3) is 0 Å². The molecule has 0 fully saturated rings. The molecule has 0 aliphatic carbocycles. The third kappa shape index (κ3) is 9.61. The summed E-state index contributed by atoms with van der Waals surface area (Å²) in [6, 6.07) is 18.3. The van der Waals surface area contributed by atoms with Gasteiger partial charge in [-0.15, -0.1) is 0 Å². The molecule has 0 atom stereocenters. The molecule has 1 aromatic heterocycles.